The first-order valence-corrected chi connectivity index (χ1v) is 4.62. The smallest absolute Gasteiger partial charge is 0.237 e. The van der Waals surface area contributed by atoms with Crippen molar-refractivity contribution in [2.75, 3.05) is 0 Å². The fourth-order valence-corrected chi connectivity index (χ4v) is 1.56. The summed E-state index contributed by atoms with van der Waals surface area (Å²) in [5, 5.41) is 4.60. The zero-order valence-corrected chi connectivity index (χ0v) is 8.71. The zero-order chi connectivity index (χ0) is 7.84. The van der Waals surface area contributed by atoms with Crippen LogP contribution in [0.4, 0.5) is 0 Å². The van der Waals surface area contributed by atoms with Crippen LogP contribution in [-0.4, -0.2) is 30.9 Å². The van der Waals surface area contributed by atoms with E-state index < -0.39 is 0 Å². The van der Waals surface area contributed by atoms with E-state index in [1.165, 1.54) is 0 Å². The van der Waals surface area contributed by atoms with Crippen molar-refractivity contribution >= 4 is 38.1 Å². The minimum absolute atomic E-state index is 0.507. The first-order chi connectivity index (χ1) is 5.27. The average Bonchev–Trinajstić information content (AvgIpc) is 2.33. The second-order valence-electron chi connectivity index (χ2n) is 2.33. The van der Waals surface area contributed by atoms with Crippen LogP contribution in [0.3, 0.4) is 0 Å². The molecule has 0 aromatic carbocycles. The summed E-state index contributed by atoms with van der Waals surface area (Å²) < 4.78 is 2.90. The van der Waals surface area contributed by atoms with Gasteiger partial charge in [-0.15, -0.1) is 0 Å². The summed E-state index contributed by atoms with van der Waals surface area (Å²) in [6.45, 7) is 0. The lowest BCUT2D eigenvalue weighted by Gasteiger charge is -1.94. The number of hydrogen-bond acceptors (Lipinski definition) is 2. The molecule has 0 aliphatic carbocycles. The Morgan fingerprint density at radius 3 is 3.09 bits per heavy atom. The van der Waals surface area contributed by atoms with Crippen LogP contribution in [0.1, 0.15) is 0 Å². The maximum absolute atomic E-state index is 5.70. The minimum atomic E-state index is 0.507. The van der Waals surface area contributed by atoms with Gasteiger partial charge >= 0.3 is 0 Å². The SMILES string of the molecule is [AlH2][c]1cnc2ccc(Cl)nn12. The average molecular weight is 182 g/mol. The predicted molar refractivity (Wildman–Crippen MR) is 46.2 cm³/mol. The molecule has 2 rings (SSSR count). The van der Waals surface area contributed by atoms with Crippen molar-refractivity contribution in [2.24, 2.45) is 0 Å². The Kier molecular flexibility index (Phi) is 1.61. The van der Waals surface area contributed by atoms with Gasteiger partial charge in [-0.2, -0.15) is 5.10 Å². The largest absolute Gasteiger partial charge is 0.292 e. The molecule has 0 aliphatic rings. The molecule has 3 nitrogen and oxygen atoms in total. The van der Waals surface area contributed by atoms with Gasteiger partial charge in [0, 0.05) is 6.20 Å². The highest BCUT2D eigenvalue weighted by Crippen LogP contribution is 2.03. The van der Waals surface area contributed by atoms with Crippen LogP contribution >= 0.6 is 11.6 Å². The summed E-state index contributed by atoms with van der Waals surface area (Å²) in [6.07, 6.45) is 1.82. The van der Waals surface area contributed by atoms with E-state index in [2.05, 4.69) is 10.1 Å². The van der Waals surface area contributed by atoms with Crippen molar-refractivity contribution in [1.82, 2.24) is 14.6 Å². The molecular weight excluding hydrogens is 177 g/mol. The van der Waals surface area contributed by atoms with E-state index in [1.807, 2.05) is 12.3 Å². The highest BCUT2D eigenvalue weighted by Gasteiger charge is 1.98. The molecular formula is C6H5AlClN3. The molecule has 0 unspecified atom stereocenters. The number of halogens is 1. The van der Waals surface area contributed by atoms with Crippen molar-refractivity contribution in [1.29, 1.82) is 0 Å². The van der Waals surface area contributed by atoms with E-state index in [0.717, 1.165) is 26.5 Å². The van der Waals surface area contributed by atoms with Crippen LogP contribution in [0.2, 0.25) is 5.15 Å². The van der Waals surface area contributed by atoms with Crippen LogP contribution in [0.15, 0.2) is 18.3 Å². The molecule has 0 radical (unpaired) electrons. The van der Waals surface area contributed by atoms with Gasteiger partial charge in [-0.25, -0.2) is 9.50 Å². The van der Waals surface area contributed by atoms with Crippen LogP contribution in [0.25, 0.3) is 5.65 Å². The van der Waals surface area contributed by atoms with Gasteiger partial charge in [-0.3, -0.25) is 0 Å². The van der Waals surface area contributed by atoms with E-state index in [4.69, 9.17) is 11.6 Å². The molecule has 0 saturated carbocycles. The Bertz CT molecular complexity index is 398. The van der Waals surface area contributed by atoms with Crippen LogP contribution in [-0.2, 0) is 0 Å². The van der Waals surface area contributed by atoms with Gasteiger partial charge in [-0.1, -0.05) is 11.6 Å². The number of rotatable bonds is 0. The van der Waals surface area contributed by atoms with Crippen LogP contribution < -0.4 is 4.56 Å². The molecule has 11 heavy (non-hydrogen) atoms. The van der Waals surface area contributed by atoms with Crippen molar-refractivity contribution in [3.63, 3.8) is 0 Å². The second kappa shape index (κ2) is 2.49. The number of hydrogen-bond donors (Lipinski definition) is 0. The molecule has 54 valence electrons. The molecule has 5 heteroatoms. The van der Waals surface area contributed by atoms with E-state index >= 15 is 0 Å². The fourth-order valence-electron chi connectivity index (χ4n) is 0.966. The highest BCUT2D eigenvalue weighted by atomic mass is 35.5. The third kappa shape index (κ3) is 1.14. The maximum Gasteiger partial charge on any atom is 0.292 e. The Balaban J connectivity index is 2.87. The quantitative estimate of drug-likeness (QED) is 0.520. The topological polar surface area (TPSA) is 30.2 Å². The van der Waals surface area contributed by atoms with E-state index in [1.54, 1.807) is 10.6 Å². The van der Waals surface area contributed by atoms with Gasteiger partial charge in [-0.05, 0) is 16.7 Å². The molecule has 0 saturated heterocycles. The predicted octanol–water partition coefficient (Wildman–Crippen LogP) is -0.359. The van der Waals surface area contributed by atoms with Crippen LogP contribution in [0, 0.1) is 0 Å². The molecule has 0 N–H and O–H groups in total. The first kappa shape index (κ1) is 7.11. The summed E-state index contributed by atoms with van der Waals surface area (Å²) >= 11 is 6.64. The van der Waals surface area contributed by atoms with Crippen molar-refractivity contribution in [2.45, 2.75) is 0 Å². The normalized spacial score (nSPS) is 10.6. The molecule has 0 fully saturated rings. The van der Waals surface area contributed by atoms with E-state index in [0.29, 0.717) is 5.15 Å². The Hall–Kier alpha value is -0.558. The minimum Gasteiger partial charge on any atom is -0.237 e. The monoisotopic (exact) mass is 181 g/mol. The molecule has 0 bridgehead atoms. The Morgan fingerprint density at radius 2 is 2.27 bits per heavy atom. The molecule has 0 amide bonds. The van der Waals surface area contributed by atoms with Crippen molar-refractivity contribution < 1.29 is 0 Å². The van der Waals surface area contributed by atoms with E-state index in [-0.39, 0.29) is 0 Å². The molecule has 0 spiro atoms. The summed E-state index contributed by atoms with van der Waals surface area (Å²) in [5.41, 5.74) is 0.861. The molecule has 2 heterocycles. The molecule has 2 aromatic rings. The highest BCUT2D eigenvalue weighted by molar-refractivity contribution is 6.31. The van der Waals surface area contributed by atoms with Gasteiger partial charge in [0.15, 0.2) is 5.65 Å². The summed E-state index contributed by atoms with van der Waals surface area (Å²) in [7, 11) is 0. The maximum atomic E-state index is 5.70. The van der Waals surface area contributed by atoms with Gasteiger partial charge < -0.3 is 0 Å². The number of imidazole rings is 1. The summed E-state index contributed by atoms with van der Waals surface area (Å²) in [5.74, 6) is 0. The van der Waals surface area contributed by atoms with Crippen molar-refractivity contribution in [3.8, 4) is 0 Å². The molecule has 0 atom stereocenters. The standard InChI is InChI=1S/C6H3ClN3.Al.2H/c7-5-1-2-6-8-3-4-10(6)9-5;;;/h1-3H;;;. The lowest BCUT2D eigenvalue weighted by molar-refractivity contribution is 0.959. The van der Waals surface area contributed by atoms with Gasteiger partial charge in [0.25, 0.3) is 16.3 Å². The number of nitrogens with zero attached hydrogens (tertiary/aromatic N) is 3. The van der Waals surface area contributed by atoms with E-state index in [9.17, 15) is 0 Å². The number of fused-ring (bicyclic) bond motifs is 1. The van der Waals surface area contributed by atoms with Crippen molar-refractivity contribution in [3.05, 3.63) is 23.5 Å². The third-order valence-electron chi connectivity index (χ3n) is 1.50. The van der Waals surface area contributed by atoms with Gasteiger partial charge in [0.2, 0.25) is 0 Å². The number of aromatic nitrogens is 3. The third-order valence-corrected chi connectivity index (χ3v) is 2.38. The molecule has 2 aromatic heterocycles. The summed E-state index contributed by atoms with van der Waals surface area (Å²) in [4.78, 5) is 4.14. The Morgan fingerprint density at radius 1 is 1.45 bits per heavy atom. The zero-order valence-electron chi connectivity index (χ0n) is 5.95. The lowest BCUT2D eigenvalue weighted by atomic mass is 10.6. The molecule has 0 aliphatic heterocycles. The second-order valence-corrected chi connectivity index (χ2v) is 3.74. The first-order valence-electron chi connectivity index (χ1n) is 3.24. The van der Waals surface area contributed by atoms with Gasteiger partial charge in [0.05, 0.1) is 0 Å². The van der Waals surface area contributed by atoms with Crippen LogP contribution in [0.5, 0.6) is 0 Å². The fraction of sp³-hybridized carbons (Fsp3) is 0. The summed E-state index contributed by atoms with van der Waals surface area (Å²) in [6, 6.07) is 3.60. The van der Waals surface area contributed by atoms with Gasteiger partial charge in [0.1, 0.15) is 5.15 Å². The Labute approximate surface area is 76.4 Å². The lowest BCUT2D eigenvalue weighted by Crippen LogP contribution is -2.11.